The third-order valence-corrected chi connectivity index (χ3v) is 3.75. The van der Waals surface area contributed by atoms with E-state index >= 15 is 0 Å². The number of methoxy groups -OCH3 is 1. The Bertz CT molecular complexity index is 371. The van der Waals surface area contributed by atoms with Crippen LogP contribution < -0.4 is 4.74 Å². The topological polar surface area (TPSA) is 41.9 Å². The lowest BCUT2D eigenvalue weighted by Crippen LogP contribution is -2.39. The molecule has 0 aliphatic carbocycles. The number of benzene rings is 1. The van der Waals surface area contributed by atoms with E-state index in [4.69, 9.17) is 9.47 Å². The summed E-state index contributed by atoms with van der Waals surface area (Å²) in [4.78, 5) is 2.29. The fraction of sp³-hybridized carbons (Fsp3) is 0.600. The summed E-state index contributed by atoms with van der Waals surface area (Å²) in [7, 11) is 1.64. The number of hydrogen-bond acceptors (Lipinski definition) is 4. The van der Waals surface area contributed by atoms with E-state index in [0.717, 1.165) is 44.0 Å². The van der Waals surface area contributed by atoms with Crippen molar-refractivity contribution in [1.82, 2.24) is 4.90 Å². The van der Waals surface area contributed by atoms with Crippen LogP contribution in [0.25, 0.3) is 0 Å². The van der Waals surface area contributed by atoms with Crippen LogP contribution >= 0.6 is 0 Å². The van der Waals surface area contributed by atoms with Gasteiger partial charge in [-0.05, 0) is 31.0 Å². The first kappa shape index (κ1) is 14.3. The van der Waals surface area contributed by atoms with Crippen LogP contribution in [0.15, 0.2) is 24.3 Å². The van der Waals surface area contributed by atoms with E-state index in [2.05, 4.69) is 11.8 Å². The molecule has 0 aromatic heterocycles. The van der Waals surface area contributed by atoms with Crippen LogP contribution in [0.3, 0.4) is 0 Å². The lowest BCUT2D eigenvalue weighted by atomic mass is 10.0. The minimum atomic E-state index is -0.482. The number of aliphatic hydroxyl groups excluding tert-OH is 1. The SMILES string of the molecule is COc1ccc(C(O)C(C)N2CCCOCC2)cc1. The standard InChI is InChI=1S/C15H23NO3/c1-12(16-8-3-10-19-11-9-16)15(17)13-4-6-14(18-2)7-5-13/h4-7,12,15,17H,3,8-11H2,1-2H3. The summed E-state index contributed by atoms with van der Waals surface area (Å²) in [5.41, 5.74) is 0.929. The lowest BCUT2D eigenvalue weighted by molar-refractivity contribution is 0.0545. The molecule has 2 unspecified atom stereocenters. The zero-order chi connectivity index (χ0) is 13.7. The molecule has 0 bridgehead atoms. The average molecular weight is 265 g/mol. The van der Waals surface area contributed by atoms with Crippen LogP contribution in [0.4, 0.5) is 0 Å². The fourth-order valence-corrected chi connectivity index (χ4v) is 2.45. The Morgan fingerprint density at radius 3 is 2.63 bits per heavy atom. The molecule has 1 heterocycles. The molecule has 1 aliphatic rings. The number of hydrogen-bond donors (Lipinski definition) is 1. The maximum atomic E-state index is 10.5. The molecule has 1 aromatic carbocycles. The van der Waals surface area contributed by atoms with Gasteiger partial charge in [-0.3, -0.25) is 4.90 Å². The predicted octanol–water partition coefficient (Wildman–Crippen LogP) is 1.84. The monoisotopic (exact) mass is 265 g/mol. The summed E-state index contributed by atoms with van der Waals surface area (Å²) in [5, 5.41) is 10.5. The Morgan fingerprint density at radius 1 is 1.21 bits per heavy atom. The van der Waals surface area contributed by atoms with Crippen molar-refractivity contribution in [2.75, 3.05) is 33.4 Å². The van der Waals surface area contributed by atoms with Gasteiger partial charge >= 0.3 is 0 Å². The molecule has 19 heavy (non-hydrogen) atoms. The van der Waals surface area contributed by atoms with Crippen molar-refractivity contribution >= 4 is 0 Å². The number of rotatable bonds is 4. The molecule has 4 heteroatoms. The second-order valence-electron chi connectivity index (χ2n) is 4.96. The second-order valence-corrected chi connectivity index (χ2v) is 4.96. The minimum Gasteiger partial charge on any atom is -0.497 e. The molecule has 0 radical (unpaired) electrons. The van der Waals surface area contributed by atoms with Crippen molar-refractivity contribution in [3.05, 3.63) is 29.8 Å². The molecule has 1 N–H and O–H groups in total. The van der Waals surface area contributed by atoms with E-state index in [9.17, 15) is 5.11 Å². The third-order valence-electron chi connectivity index (χ3n) is 3.75. The van der Waals surface area contributed by atoms with Gasteiger partial charge in [-0.1, -0.05) is 12.1 Å². The highest BCUT2D eigenvalue weighted by Crippen LogP contribution is 2.23. The van der Waals surface area contributed by atoms with E-state index < -0.39 is 6.10 Å². The Balaban J connectivity index is 2.01. The first-order valence-corrected chi connectivity index (χ1v) is 6.86. The van der Waals surface area contributed by atoms with Crippen LogP contribution in [0, 0.1) is 0 Å². The zero-order valence-corrected chi connectivity index (χ0v) is 11.7. The van der Waals surface area contributed by atoms with E-state index in [1.54, 1.807) is 7.11 Å². The molecule has 2 atom stereocenters. The van der Waals surface area contributed by atoms with Gasteiger partial charge in [0.1, 0.15) is 5.75 Å². The zero-order valence-electron chi connectivity index (χ0n) is 11.7. The van der Waals surface area contributed by atoms with Crippen LogP contribution in [-0.4, -0.2) is 49.5 Å². The molecule has 0 amide bonds. The first-order chi connectivity index (χ1) is 9.22. The van der Waals surface area contributed by atoms with Gasteiger partial charge in [0.2, 0.25) is 0 Å². The Morgan fingerprint density at radius 2 is 1.95 bits per heavy atom. The molecule has 1 saturated heterocycles. The van der Waals surface area contributed by atoms with E-state index in [1.165, 1.54) is 0 Å². The van der Waals surface area contributed by atoms with Gasteiger partial charge in [0.15, 0.2) is 0 Å². The summed E-state index contributed by atoms with van der Waals surface area (Å²) < 4.78 is 10.6. The van der Waals surface area contributed by atoms with Gasteiger partial charge in [-0.15, -0.1) is 0 Å². The summed E-state index contributed by atoms with van der Waals surface area (Å²) in [6.45, 7) is 5.50. The molecular weight excluding hydrogens is 242 g/mol. The molecule has 1 fully saturated rings. The molecule has 0 spiro atoms. The highest BCUT2D eigenvalue weighted by Gasteiger charge is 2.23. The minimum absolute atomic E-state index is 0.0927. The fourth-order valence-electron chi connectivity index (χ4n) is 2.45. The summed E-state index contributed by atoms with van der Waals surface area (Å²) >= 11 is 0. The molecule has 1 aromatic rings. The second kappa shape index (κ2) is 6.89. The quantitative estimate of drug-likeness (QED) is 0.902. The Hall–Kier alpha value is -1.10. The molecule has 0 saturated carbocycles. The average Bonchev–Trinajstić information content (AvgIpc) is 2.75. The van der Waals surface area contributed by atoms with Crippen molar-refractivity contribution in [3.8, 4) is 5.75 Å². The number of aliphatic hydroxyl groups is 1. The number of nitrogens with zero attached hydrogens (tertiary/aromatic N) is 1. The molecule has 2 rings (SSSR count). The van der Waals surface area contributed by atoms with Crippen molar-refractivity contribution < 1.29 is 14.6 Å². The molecule has 4 nitrogen and oxygen atoms in total. The Labute approximate surface area is 114 Å². The third kappa shape index (κ3) is 3.69. The van der Waals surface area contributed by atoms with Crippen molar-refractivity contribution in [2.45, 2.75) is 25.5 Å². The van der Waals surface area contributed by atoms with Gasteiger partial charge in [0.05, 0.1) is 19.8 Å². The summed E-state index contributed by atoms with van der Waals surface area (Å²) in [6.07, 6.45) is 0.545. The van der Waals surface area contributed by atoms with Crippen molar-refractivity contribution in [3.63, 3.8) is 0 Å². The van der Waals surface area contributed by atoms with Gasteiger partial charge in [-0.2, -0.15) is 0 Å². The number of ether oxygens (including phenoxy) is 2. The van der Waals surface area contributed by atoms with Gasteiger partial charge < -0.3 is 14.6 Å². The smallest absolute Gasteiger partial charge is 0.118 e. The van der Waals surface area contributed by atoms with Crippen LogP contribution in [0.1, 0.15) is 25.0 Å². The van der Waals surface area contributed by atoms with E-state index in [1.807, 2.05) is 24.3 Å². The molecule has 106 valence electrons. The molecule has 1 aliphatic heterocycles. The highest BCUT2D eigenvalue weighted by atomic mass is 16.5. The maximum Gasteiger partial charge on any atom is 0.118 e. The van der Waals surface area contributed by atoms with Gasteiger partial charge in [-0.25, -0.2) is 0 Å². The molecular formula is C15H23NO3. The summed E-state index contributed by atoms with van der Waals surface area (Å²) in [5.74, 6) is 0.812. The normalized spacial score (nSPS) is 20.6. The maximum absolute atomic E-state index is 10.5. The van der Waals surface area contributed by atoms with Gasteiger partial charge in [0, 0.05) is 25.7 Å². The summed E-state index contributed by atoms with van der Waals surface area (Å²) in [6, 6.07) is 7.71. The Kier molecular flexibility index (Phi) is 5.19. The van der Waals surface area contributed by atoms with E-state index in [0.29, 0.717) is 0 Å². The lowest BCUT2D eigenvalue weighted by Gasteiger charge is -2.31. The van der Waals surface area contributed by atoms with Crippen LogP contribution in [-0.2, 0) is 4.74 Å². The van der Waals surface area contributed by atoms with Crippen molar-refractivity contribution in [1.29, 1.82) is 0 Å². The highest BCUT2D eigenvalue weighted by molar-refractivity contribution is 5.29. The van der Waals surface area contributed by atoms with Crippen LogP contribution in [0.2, 0.25) is 0 Å². The van der Waals surface area contributed by atoms with Crippen LogP contribution in [0.5, 0.6) is 5.75 Å². The van der Waals surface area contributed by atoms with Gasteiger partial charge in [0.25, 0.3) is 0 Å². The first-order valence-electron chi connectivity index (χ1n) is 6.86. The largest absolute Gasteiger partial charge is 0.497 e. The van der Waals surface area contributed by atoms with E-state index in [-0.39, 0.29) is 6.04 Å². The predicted molar refractivity (Wildman–Crippen MR) is 74.4 cm³/mol. The van der Waals surface area contributed by atoms with Crippen molar-refractivity contribution in [2.24, 2.45) is 0 Å².